The van der Waals surface area contributed by atoms with Crippen LogP contribution in [-0.4, -0.2) is 29.2 Å². The molecule has 3 N–H and O–H groups in total. The summed E-state index contributed by atoms with van der Waals surface area (Å²) in [5, 5.41) is 8.44. The maximum Gasteiger partial charge on any atom is 0.332 e. The molecule has 0 saturated carbocycles. The number of carbonyl (C=O) groups is 2. The van der Waals surface area contributed by atoms with Gasteiger partial charge in [0.2, 0.25) is 5.91 Å². The van der Waals surface area contributed by atoms with Crippen molar-refractivity contribution in [3.05, 3.63) is 0 Å². The normalized spacial score (nSPS) is 30.2. The highest BCUT2D eigenvalue weighted by molar-refractivity contribution is 5.81. The maximum absolute atomic E-state index is 10.5. The zero-order valence-electron chi connectivity index (χ0n) is 5.82. The number of carbonyl (C=O) groups excluding carboxylic acids is 1. The van der Waals surface area contributed by atoms with Gasteiger partial charge in [0.05, 0.1) is 0 Å². The maximum atomic E-state index is 10.5. The first kappa shape index (κ1) is 8.00. The molecule has 1 aliphatic heterocycles. The number of rotatable bonds is 2. The molecule has 0 radical (unpaired) electrons. The Labute approximate surface area is 63.1 Å². The number of hydrogen-bond acceptors (Lipinski definition) is 3. The quantitative estimate of drug-likeness (QED) is 0.546. The first-order valence-electron chi connectivity index (χ1n) is 3.29. The number of nitrogens with two attached hydrogens (primary N) is 1. The van der Waals surface area contributed by atoms with E-state index in [4.69, 9.17) is 15.6 Å². The average molecular weight is 159 g/mol. The van der Waals surface area contributed by atoms with E-state index in [0.717, 1.165) is 0 Å². The van der Waals surface area contributed by atoms with Gasteiger partial charge in [0.1, 0.15) is 6.10 Å². The zero-order chi connectivity index (χ0) is 8.43. The second-order valence-electron chi connectivity index (χ2n) is 2.43. The Balaban J connectivity index is 2.47. The zero-order valence-corrected chi connectivity index (χ0v) is 5.82. The molecule has 62 valence electrons. The Morgan fingerprint density at radius 3 is 2.18 bits per heavy atom. The van der Waals surface area contributed by atoms with Crippen molar-refractivity contribution in [3.63, 3.8) is 0 Å². The van der Waals surface area contributed by atoms with Crippen molar-refractivity contribution < 1.29 is 19.4 Å². The van der Waals surface area contributed by atoms with E-state index in [2.05, 4.69) is 0 Å². The number of ether oxygens (including phenoxy) is 1. The van der Waals surface area contributed by atoms with Gasteiger partial charge >= 0.3 is 5.97 Å². The second-order valence-corrected chi connectivity index (χ2v) is 2.43. The van der Waals surface area contributed by atoms with Crippen molar-refractivity contribution >= 4 is 11.9 Å². The molecule has 1 aliphatic rings. The van der Waals surface area contributed by atoms with Gasteiger partial charge in [0.15, 0.2) is 6.10 Å². The summed E-state index contributed by atoms with van der Waals surface area (Å²) >= 11 is 0. The van der Waals surface area contributed by atoms with E-state index < -0.39 is 24.1 Å². The molecule has 5 nitrogen and oxygen atoms in total. The van der Waals surface area contributed by atoms with Gasteiger partial charge in [-0.05, 0) is 12.8 Å². The Morgan fingerprint density at radius 2 is 1.91 bits per heavy atom. The SMILES string of the molecule is NC(=O)C1CCC(C(=O)O)O1. The standard InChI is InChI=1S/C6H9NO4/c7-5(8)3-1-2-4(11-3)6(9)10/h3-4H,1-2H2,(H2,7,8)(H,9,10). The summed E-state index contributed by atoms with van der Waals surface area (Å²) in [6.45, 7) is 0. The van der Waals surface area contributed by atoms with Crippen LogP contribution in [0.25, 0.3) is 0 Å². The molecule has 0 aromatic heterocycles. The molecule has 0 aromatic carbocycles. The van der Waals surface area contributed by atoms with E-state index in [1.54, 1.807) is 0 Å². The predicted octanol–water partition coefficient (Wildman–Crippen LogP) is -0.896. The third-order valence-corrected chi connectivity index (χ3v) is 1.61. The lowest BCUT2D eigenvalue weighted by atomic mass is 10.2. The van der Waals surface area contributed by atoms with Crippen LogP contribution in [0.5, 0.6) is 0 Å². The van der Waals surface area contributed by atoms with Gasteiger partial charge in [-0.3, -0.25) is 4.79 Å². The highest BCUT2D eigenvalue weighted by atomic mass is 16.5. The number of hydrogen-bond donors (Lipinski definition) is 2. The Kier molecular flexibility index (Phi) is 2.09. The van der Waals surface area contributed by atoms with E-state index in [1.807, 2.05) is 0 Å². The molecule has 11 heavy (non-hydrogen) atoms. The van der Waals surface area contributed by atoms with Gasteiger partial charge in [0, 0.05) is 0 Å². The Morgan fingerprint density at radius 1 is 1.36 bits per heavy atom. The van der Waals surface area contributed by atoms with Gasteiger partial charge in [0.25, 0.3) is 0 Å². The Bertz CT molecular complexity index is 171. The van der Waals surface area contributed by atoms with Gasteiger partial charge in [-0.15, -0.1) is 0 Å². The smallest absolute Gasteiger partial charge is 0.332 e. The van der Waals surface area contributed by atoms with Crippen LogP contribution in [0, 0.1) is 0 Å². The molecule has 5 heteroatoms. The fourth-order valence-corrected chi connectivity index (χ4v) is 1.03. The van der Waals surface area contributed by atoms with E-state index in [9.17, 15) is 9.59 Å². The summed E-state index contributed by atoms with van der Waals surface area (Å²) < 4.78 is 4.81. The van der Waals surface area contributed by atoms with Crippen LogP contribution in [0.15, 0.2) is 0 Å². The molecule has 1 amide bonds. The topological polar surface area (TPSA) is 89.6 Å². The summed E-state index contributed by atoms with van der Waals surface area (Å²) in [6, 6.07) is 0. The van der Waals surface area contributed by atoms with Crippen LogP contribution in [0.3, 0.4) is 0 Å². The largest absolute Gasteiger partial charge is 0.479 e. The third kappa shape index (κ3) is 1.68. The van der Waals surface area contributed by atoms with Crippen LogP contribution in [-0.2, 0) is 14.3 Å². The van der Waals surface area contributed by atoms with Crippen molar-refractivity contribution in [1.29, 1.82) is 0 Å². The van der Waals surface area contributed by atoms with E-state index in [0.29, 0.717) is 12.8 Å². The van der Waals surface area contributed by atoms with E-state index in [-0.39, 0.29) is 0 Å². The first-order chi connectivity index (χ1) is 5.11. The van der Waals surface area contributed by atoms with Crippen molar-refractivity contribution in [2.24, 2.45) is 5.73 Å². The molecule has 2 atom stereocenters. The van der Waals surface area contributed by atoms with Crippen molar-refractivity contribution in [1.82, 2.24) is 0 Å². The van der Waals surface area contributed by atoms with Gasteiger partial charge in [-0.1, -0.05) is 0 Å². The monoisotopic (exact) mass is 159 g/mol. The number of carboxylic acid groups (broad SMARTS) is 1. The highest BCUT2D eigenvalue weighted by Crippen LogP contribution is 2.19. The van der Waals surface area contributed by atoms with Crippen LogP contribution >= 0.6 is 0 Å². The van der Waals surface area contributed by atoms with Crippen molar-refractivity contribution in [3.8, 4) is 0 Å². The van der Waals surface area contributed by atoms with Crippen LogP contribution in [0.1, 0.15) is 12.8 Å². The molecule has 0 bridgehead atoms. The summed E-state index contributed by atoms with van der Waals surface area (Å²) in [5.41, 5.74) is 4.90. The summed E-state index contributed by atoms with van der Waals surface area (Å²) in [6.07, 6.45) is -0.793. The second kappa shape index (κ2) is 2.87. The lowest BCUT2D eigenvalue weighted by molar-refractivity contribution is -0.151. The Hall–Kier alpha value is -1.10. The summed E-state index contributed by atoms with van der Waals surface area (Å²) in [5.74, 6) is -1.62. The van der Waals surface area contributed by atoms with Crippen molar-refractivity contribution in [2.45, 2.75) is 25.0 Å². The molecule has 1 fully saturated rings. The molecule has 0 spiro atoms. The van der Waals surface area contributed by atoms with Gasteiger partial charge in [-0.25, -0.2) is 4.79 Å². The minimum Gasteiger partial charge on any atom is -0.479 e. The van der Waals surface area contributed by atoms with Crippen molar-refractivity contribution in [2.75, 3.05) is 0 Å². The molecule has 1 saturated heterocycles. The number of primary amides is 1. The predicted molar refractivity (Wildman–Crippen MR) is 34.7 cm³/mol. The van der Waals surface area contributed by atoms with Crippen LogP contribution < -0.4 is 5.73 Å². The fraction of sp³-hybridized carbons (Fsp3) is 0.667. The van der Waals surface area contributed by atoms with Crippen LogP contribution in [0.2, 0.25) is 0 Å². The average Bonchev–Trinajstić information content (AvgIpc) is 2.33. The van der Waals surface area contributed by atoms with Crippen LogP contribution in [0.4, 0.5) is 0 Å². The molecule has 0 aliphatic carbocycles. The molecule has 1 rings (SSSR count). The fourth-order valence-electron chi connectivity index (χ4n) is 1.03. The summed E-state index contributed by atoms with van der Waals surface area (Å²) in [4.78, 5) is 20.8. The number of carboxylic acids is 1. The summed E-state index contributed by atoms with van der Waals surface area (Å²) in [7, 11) is 0. The lowest BCUT2D eigenvalue weighted by Gasteiger charge is -2.05. The highest BCUT2D eigenvalue weighted by Gasteiger charge is 2.33. The molecule has 1 heterocycles. The minimum absolute atomic E-state index is 0.364. The molecule has 2 unspecified atom stereocenters. The third-order valence-electron chi connectivity index (χ3n) is 1.61. The van der Waals surface area contributed by atoms with Gasteiger partial charge in [-0.2, -0.15) is 0 Å². The lowest BCUT2D eigenvalue weighted by Crippen LogP contribution is -2.30. The number of aliphatic carboxylic acids is 1. The molecular formula is C6H9NO4. The van der Waals surface area contributed by atoms with E-state index in [1.165, 1.54) is 0 Å². The van der Waals surface area contributed by atoms with E-state index >= 15 is 0 Å². The first-order valence-corrected chi connectivity index (χ1v) is 3.29. The number of amides is 1. The molecule has 0 aromatic rings. The van der Waals surface area contributed by atoms with Gasteiger partial charge < -0.3 is 15.6 Å². The molecular weight excluding hydrogens is 150 g/mol. The minimum atomic E-state index is -1.03.